The highest BCUT2D eigenvalue weighted by molar-refractivity contribution is 6.31. The summed E-state index contributed by atoms with van der Waals surface area (Å²) in [6.45, 7) is 6.49. The van der Waals surface area contributed by atoms with Crippen LogP contribution in [0.3, 0.4) is 0 Å². The van der Waals surface area contributed by atoms with Crippen LogP contribution in [0, 0.1) is 24.7 Å². The van der Waals surface area contributed by atoms with E-state index in [1.54, 1.807) is 0 Å². The third kappa shape index (κ3) is 3.14. The van der Waals surface area contributed by atoms with Crippen molar-refractivity contribution in [2.45, 2.75) is 52.6 Å². The molecule has 3 unspecified atom stereocenters. The molecule has 1 aromatic rings. The van der Waals surface area contributed by atoms with E-state index in [2.05, 4.69) is 18.9 Å². The molecule has 1 fully saturated rings. The van der Waals surface area contributed by atoms with Gasteiger partial charge in [-0.05, 0) is 50.4 Å². The second-order valence-electron chi connectivity index (χ2n) is 6.32. The van der Waals surface area contributed by atoms with E-state index in [4.69, 9.17) is 11.6 Å². The van der Waals surface area contributed by atoms with Crippen LogP contribution in [0.25, 0.3) is 0 Å². The lowest BCUT2D eigenvalue weighted by atomic mass is 9.73. The van der Waals surface area contributed by atoms with Crippen molar-refractivity contribution in [3.8, 4) is 0 Å². The molecule has 0 bridgehead atoms. The van der Waals surface area contributed by atoms with Crippen molar-refractivity contribution in [2.75, 3.05) is 0 Å². The first kappa shape index (κ1) is 14.9. The predicted molar refractivity (Wildman–Crippen MR) is 78.3 cm³/mol. The Kier molecular flexibility index (Phi) is 4.57. The minimum atomic E-state index is -0.193. The average molecular weight is 285 g/mol. The van der Waals surface area contributed by atoms with Gasteiger partial charge in [-0.15, -0.1) is 0 Å². The highest BCUT2D eigenvalue weighted by Crippen LogP contribution is 2.36. The first-order valence-electron chi connectivity index (χ1n) is 7.26. The lowest BCUT2D eigenvalue weighted by Crippen LogP contribution is -2.33. The molecule has 0 radical (unpaired) electrons. The van der Waals surface area contributed by atoms with E-state index in [1.807, 2.05) is 18.7 Å². The van der Waals surface area contributed by atoms with Gasteiger partial charge in [-0.25, -0.2) is 0 Å². The summed E-state index contributed by atoms with van der Waals surface area (Å²) < 4.78 is 1.86. The number of nitrogens with zero attached hydrogens (tertiary/aromatic N) is 2. The first-order valence-corrected chi connectivity index (χ1v) is 7.64. The molecule has 0 saturated heterocycles. The average Bonchev–Trinajstić information content (AvgIpc) is 2.58. The molecular formula is C15H25ClN2O. The monoisotopic (exact) mass is 284 g/mol. The van der Waals surface area contributed by atoms with Crippen LogP contribution in [0.4, 0.5) is 0 Å². The molecule has 3 nitrogen and oxygen atoms in total. The Morgan fingerprint density at radius 2 is 2.11 bits per heavy atom. The summed E-state index contributed by atoms with van der Waals surface area (Å²) in [5, 5.41) is 15.4. The third-order valence-corrected chi connectivity index (χ3v) is 5.13. The van der Waals surface area contributed by atoms with Crippen LogP contribution in [-0.2, 0) is 13.5 Å². The fourth-order valence-corrected chi connectivity index (χ4v) is 3.50. The summed E-state index contributed by atoms with van der Waals surface area (Å²) in [6, 6.07) is 0. The fraction of sp³-hybridized carbons (Fsp3) is 0.800. The molecule has 0 aromatic carbocycles. The van der Waals surface area contributed by atoms with E-state index in [9.17, 15) is 5.11 Å². The van der Waals surface area contributed by atoms with Crippen molar-refractivity contribution < 1.29 is 5.11 Å². The van der Waals surface area contributed by atoms with Crippen molar-refractivity contribution in [1.29, 1.82) is 0 Å². The second kappa shape index (κ2) is 5.84. The summed E-state index contributed by atoms with van der Waals surface area (Å²) in [7, 11) is 1.93. The van der Waals surface area contributed by atoms with Crippen molar-refractivity contribution in [1.82, 2.24) is 9.78 Å². The van der Waals surface area contributed by atoms with E-state index in [0.29, 0.717) is 11.8 Å². The Bertz CT molecular complexity index is 442. The lowest BCUT2D eigenvalue weighted by Gasteiger charge is -2.35. The van der Waals surface area contributed by atoms with E-state index >= 15 is 0 Å². The smallest absolute Gasteiger partial charge is 0.0847 e. The maximum Gasteiger partial charge on any atom is 0.0847 e. The van der Waals surface area contributed by atoms with Crippen LogP contribution in [-0.4, -0.2) is 21.0 Å². The molecule has 19 heavy (non-hydrogen) atoms. The van der Waals surface area contributed by atoms with E-state index < -0.39 is 0 Å². The van der Waals surface area contributed by atoms with E-state index in [-0.39, 0.29) is 6.10 Å². The number of aliphatic hydroxyl groups excluding tert-OH is 1. The maximum absolute atomic E-state index is 10.2. The van der Waals surface area contributed by atoms with Crippen LogP contribution in [0.15, 0.2) is 0 Å². The minimum Gasteiger partial charge on any atom is -0.393 e. The summed E-state index contributed by atoms with van der Waals surface area (Å²) in [5.41, 5.74) is 1.94. The summed E-state index contributed by atoms with van der Waals surface area (Å²) in [6.07, 6.45) is 3.80. The highest BCUT2D eigenvalue weighted by atomic mass is 35.5. The molecule has 0 amide bonds. The van der Waals surface area contributed by atoms with Crippen LogP contribution in [0.2, 0.25) is 5.02 Å². The number of hydrogen-bond acceptors (Lipinski definition) is 2. The van der Waals surface area contributed by atoms with Crippen LogP contribution < -0.4 is 0 Å². The largest absolute Gasteiger partial charge is 0.393 e. The van der Waals surface area contributed by atoms with Crippen molar-refractivity contribution in [3.63, 3.8) is 0 Å². The Labute approximate surface area is 121 Å². The summed E-state index contributed by atoms with van der Waals surface area (Å²) >= 11 is 6.31. The van der Waals surface area contributed by atoms with Gasteiger partial charge < -0.3 is 5.11 Å². The second-order valence-corrected chi connectivity index (χ2v) is 6.70. The predicted octanol–water partition coefficient (Wildman–Crippen LogP) is 3.36. The van der Waals surface area contributed by atoms with Crippen LogP contribution in [0.1, 0.15) is 44.5 Å². The fourth-order valence-electron chi connectivity index (χ4n) is 3.26. The summed E-state index contributed by atoms with van der Waals surface area (Å²) in [4.78, 5) is 0. The van der Waals surface area contributed by atoms with Crippen molar-refractivity contribution in [2.24, 2.45) is 24.8 Å². The molecule has 1 heterocycles. The molecule has 0 spiro atoms. The Morgan fingerprint density at radius 1 is 1.42 bits per heavy atom. The topological polar surface area (TPSA) is 38.0 Å². The number of aliphatic hydroxyl groups is 1. The molecule has 1 aliphatic carbocycles. The molecule has 1 saturated carbocycles. The third-order valence-electron chi connectivity index (χ3n) is 4.64. The zero-order chi connectivity index (χ0) is 14.2. The van der Waals surface area contributed by atoms with Crippen LogP contribution in [0.5, 0.6) is 0 Å². The number of hydrogen-bond donors (Lipinski definition) is 1. The molecule has 4 heteroatoms. The normalized spacial score (nSPS) is 28.1. The molecule has 1 aliphatic rings. The standard InChI is InChI=1S/C15H25ClN2O/c1-9(2)11-5-6-14(19)12(7-11)8-13-15(16)10(3)17-18(13)4/h9,11-12,14,19H,5-8H2,1-4H3. The van der Waals surface area contributed by atoms with Gasteiger partial charge in [-0.3, -0.25) is 4.68 Å². The van der Waals surface area contributed by atoms with Gasteiger partial charge in [0.15, 0.2) is 0 Å². The van der Waals surface area contributed by atoms with Crippen LogP contribution >= 0.6 is 11.6 Å². The van der Waals surface area contributed by atoms with Crippen molar-refractivity contribution >= 4 is 11.6 Å². The Balaban J connectivity index is 2.12. The molecule has 2 rings (SSSR count). The number of aryl methyl sites for hydroxylation is 2. The highest BCUT2D eigenvalue weighted by Gasteiger charge is 2.32. The molecule has 1 aromatic heterocycles. The van der Waals surface area contributed by atoms with Crippen molar-refractivity contribution in [3.05, 3.63) is 16.4 Å². The van der Waals surface area contributed by atoms with Gasteiger partial charge in [-0.1, -0.05) is 25.4 Å². The number of rotatable bonds is 3. The quantitative estimate of drug-likeness (QED) is 0.924. The Hall–Kier alpha value is -0.540. The van der Waals surface area contributed by atoms with Gasteiger partial charge in [0.2, 0.25) is 0 Å². The maximum atomic E-state index is 10.2. The first-order chi connectivity index (χ1) is 8.90. The van der Waals surface area contributed by atoms with Gasteiger partial charge in [0, 0.05) is 7.05 Å². The zero-order valence-electron chi connectivity index (χ0n) is 12.4. The van der Waals surface area contributed by atoms with Gasteiger partial charge in [0.05, 0.1) is 22.5 Å². The molecule has 108 valence electrons. The molecule has 3 atom stereocenters. The lowest BCUT2D eigenvalue weighted by molar-refractivity contribution is 0.0370. The van der Waals surface area contributed by atoms with Gasteiger partial charge >= 0.3 is 0 Å². The zero-order valence-corrected chi connectivity index (χ0v) is 13.1. The molecule has 1 N–H and O–H groups in total. The Morgan fingerprint density at radius 3 is 2.63 bits per heavy atom. The minimum absolute atomic E-state index is 0.193. The van der Waals surface area contributed by atoms with E-state index in [1.165, 1.54) is 0 Å². The van der Waals surface area contributed by atoms with E-state index in [0.717, 1.165) is 48.0 Å². The number of halogens is 1. The summed E-state index contributed by atoms with van der Waals surface area (Å²) in [5.74, 6) is 1.73. The molecular weight excluding hydrogens is 260 g/mol. The number of aromatic nitrogens is 2. The SMILES string of the molecule is Cc1nn(C)c(CC2CC(C(C)C)CCC2O)c1Cl. The van der Waals surface area contributed by atoms with Gasteiger partial charge in [-0.2, -0.15) is 5.10 Å². The van der Waals surface area contributed by atoms with Gasteiger partial charge in [0.25, 0.3) is 0 Å². The molecule has 0 aliphatic heterocycles. The van der Waals surface area contributed by atoms with Gasteiger partial charge in [0.1, 0.15) is 0 Å².